The molecule has 4 heteroatoms. The van der Waals surface area contributed by atoms with Crippen molar-refractivity contribution in [1.82, 2.24) is 4.90 Å². The van der Waals surface area contributed by atoms with Crippen LogP contribution >= 0.6 is 0 Å². The van der Waals surface area contributed by atoms with Gasteiger partial charge in [-0.1, -0.05) is 0 Å². The summed E-state index contributed by atoms with van der Waals surface area (Å²) in [5, 5.41) is 0. The molecule has 10 heavy (non-hydrogen) atoms. The molecule has 3 nitrogen and oxygen atoms in total. The standard InChI is InChI=1S/C6H14N2OS/c1-7-10(9)5-3-8(2)4-6-10/h3-6H2,1-2H3. The van der Waals surface area contributed by atoms with Crippen molar-refractivity contribution >= 4 is 9.73 Å². The monoisotopic (exact) mass is 162 g/mol. The summed E-state index contributed by atoms with van der Waals surface area (Å²) in [6.45, 7) is 1.85. The third-order valence-electron chi connectivity index (χ3n) is 1.92. The lowest BCUT2D eigenvalue weighted by molar-refractivity contribution is 0.365. The van der Waals surface area contributed by atoms with Crippen LogP contribution < -0.4 is 0 Å². The maximum atomic E-state index is 11.5. The first-order valence-corrected chi connectivity index (χ1v) is 5.31. The van der Waals surface area contributed by atoms with E-state index in [0.717, 1.165) is 24.6 Å². The van der Waals surface area contributed by atoms with Gasteiger partial charge in [0.05, 0.1) is 0 Å². The van der Waals surface area contributed by atoms with Crippen LogP contribution in [0.2, 0.25) is 0 Å². The van der Waals surface area contributed by atoms with Crippen LogP contribution in [0.15, 0.2) is 4.36 Å². The highest BCUT2D eigenvalue weighted by molar-refractivity contribution is 7.93. The summed E-state index contributed by atoms with van der Waals surface area (Å²) in [5.74, 6) is 1.50. The predicted molar refractivity (Wildman–Crippen MR) is 43.7 cm³/mol. The van der Waals surface area contributed by atoms with Crippen molar-refractivity contribution in [1.29, 1.82) is 0 Å². The molecule has 0 aliphatic carbocycles. The summed E-state index contributed by atoms with van der Waals surface area (Å²) in [4.78, 5) is 2.19. The third kappa shape index (κ3) is 1.70. The van der Waals surface area contributed by atoms with Gasteiger partial charge < -0.3 is 4.90 Å². The minimum Gasteiger partial charge on any atom is -0.304 e. The second kappa shape index (κ2) is 2.88. The minimum absolute atomic E-state index is 0.750. The Morgan fingerprint density at radius 1 is 1.40 bits per heavy atom. The molecule has 0 spiro atoms. The van der Waals surface area contributed by atoms with E-state index in [1.807, 2.05) is 0 Å². The Balaban J connectivity index is 2.64. The van der Waals surface area contributed by atoms with Crippen molar-refractivity contribution in [3.8, 4) is 0 Å². The molecule has 0 aromatic rings. The van der Waals surface area contributed by atoms with Gasteiger partial charge in [0.2, 0.25) is 0 Å². The van der Waals surface area contributed by atoms with Crippen LogP contribution in [-0.2, 0) is 9.73 Å². The van der Waals surface area contributed by atoms with E-state index in [9.17, 15) is 4.21 Å². The van der Waals surface area contributed by atoms with Crippen molar-refractivity contribution in [2.75, 3.05) is 38.7 Å². The molecule has 0 aromatic heterocycles. The summed E-state index contributed by atoms with van der Waals surface area (Å²) in [6.07, 6.45) is 0. The van der Waals surface area contributed by atoms with E-state index in [2.05, 4.69) is 16.3 Å². The minimum atomic E-state index is -1.78. The van der Waals surface area contributed by atoms with Gasteiger partial charge in [0.25, 0.3) is 0 Å². The van der Waals surface area contributed by atoms with Crippen molar-refractivity contribution in [3.05, 3.63) is 0 Å². The first kappa shape index (κ1) is 8.01. The fourth-order valence-electron chi connectivity index (χ4n) is 0.993. The average molecular weight is 162 g/mol. The maximum absolute atomic E-state index is 11.5. The number of rotatable bonds is 0. The smallest absolute Gasteiger partial charge is 0.0490 e. The van der Waals surface area contributed by atoms with E-state index in [-0.39, 0.29) is 0 Å². The molecule has 1 aliphatic heterocycles. The van der Waals surface area contributed by atoms with Gasteiger partial charge >= 0.3 is 0 Å². The van der Waals surface area contributed by atoms with E-state index in [1.165, 1.54) is 0 Å². The number of nitrogens with zero attached hydrogens (tertiary/aromatic N) is 2. The number of hydrogen-bond donors (Lipinski definition) is 0. The zero-order valence-electron chi connectivity index (χ0n) is 6.54. The Morgan fingerprint density at radius 2 is 1.90 bits per heavy atom. The molecule has 0 aromatic carbocycles. The first-order valence-electron chi connectivity index (χ1n) is 3.45. The Labute approximate surface area is 62.6 Å². The predicted octanol–water partition coefficient (Wildman–Crippen LogP) is 0.0296. The van der Waals surface area contributed by atoms with Gasteiger partial charge in [0, 0.05) is 41.4 Å². The molecule has 1 aliphatic rings. The second-order valence-corrected chi connectivity index (χ2v) is 5.39. The molecule has 0 unspecified atom stereocenters. The number of hydrogen-bond acceptors (Lipinski definition) is 3. The van der Waals surface area contributed by atoms with Crippen molar-refractivity contribution in [2.45, 2.75) is 0 Å². The fraction of sp³-hybridized carbons (Fsp3) is 1.00. The molecule has 0 N–H and O–H groups in total. The van der Waals surface area contributed by atoms with E-state index in [4.69, 9.17) is 0 Å². The summed E-state index contributed by atoms with van der Waals surface area (Å²) in [7, 11) is 1.93. The highest BCUT2D eigenvalue weighted by atomic mass is 32.2. The van der Waals surface area contributed by atoms with E-state index >= 15 is 0 Å². The van der Waals surface area contributed by atoms with Crippen molar-refractivity contribution < 1.29 is 4.21 Å². The molecular formula is C6H14N2OS. The normalized spacial score (nSPS) is 26.2. The molecule has 0 radical (unpaired) electrons. The molecule has 0 amide bonds. The van der Waals surface area contributed by atoms with Crippen molar-refractivity contribution in [2.24, 2.45) is 4.36 Å². The molecule has 0 bridgehead atoms. The van der Waals surface area contributed by atoms with Gasteiger partial charge in [-0.05, 0) is 7.05 Å². The topological polar surface area (TPSA) is 32.7 Å². The zero-order valence-corrected chi connectivity index (χ0v) is 7.36. The molecule has 0 saturated carbocycles. The van der Waals surface area contributed by atoms with Gasteiger partial charge in [0.15, 0.2) is 0 Å². The van der Waals surface area contributed by atoms with Crippen LogP contribution in [-0.4, -0.2) is 47.8 Å². The van der Waals surface area contributed by atoms with Crippen LogP contribution in [0.4, 0.5) is 0 Å². The summed E-state index contributed by atoms with van der Waals surface area (Å²) in [5.41, 5.74) is 0. The lowest BCUT2D eigenvalue weighted by Gasteiger charge is -2.24. The molecule has 1 fully saturated rings. The molecule has 1 heterocycles. The average Bonchev–Trinajstić information content (AvgIpc) is 1.96. The van der Waals surface area contributed by atoms with Crippen LogP contribution in [0.1, 0.15) is 0 Å². The lowest BCUT2D eigenvalue weighted by atomic mass is 10.6. The molecule has 1 saturated heterocycles. The Bertz CT molecular complexity index is 204. The Hall–Kier alpha value is -0.0900. The quantitative estimate of drug-likeness (QED) is 0.503. The van der Waals surface area contributed by atoms with Gasteiger partial charge in [-0.15, -0.1) is 0 Å². The summed E-state index contributed by atoms with van der Waals surface area (Å²) in [6, 6.07) is 0. The third-order valence-corrected chi connectivity index (χ3v) is 4.22. The fourth-order valence-corrected chi connectivity index (χ4v) is 2.76. The SMILES string of the molecule is CN=S1(=O)CCN(C)CC1. The zero-order chi connectivity index (χ0) is 7.61. The van der Waals surface area contributed by atoms with Crippen LogP contribution in [0.5, 0.6) is 0 Å². The Morgan fingerprint density at radius 3 is 2.30 bits per heavy atom. The largest absolute Gasteiger partial charge is 0.304 e. The van der Waals surface area contributed by atoms with Gasteiger partial charge in [-0.3, -0.25) is 0 Å². The second-order valence-electron chi connectivity index (χ2n) is 2.67. The van der Waals surface area contributed by atoms with Crippen molar-refractivity contribution in [3.63, 3.8) is 0 Å². The van der Waals surface area contributed by atoms with Crippen LogP contribution in [0, 0.1) is 0 Å². The highest BCUT2D eigenvalue weighted by Crippen LogP contribution is 2.03. The van der Waals surface area contributed by atoms with Gasteiger partial charge in [-0.2, -0.15) is 0 Å². The summed E-state index contributed by atoms with van der Waals surface area (Å²) < 4.78 is 15.4. The molecular weight excluding hydrogens is 148 g/mol. The van der Waals surface area contributed by atoms with Crippen LogP contribution in [0.3, 0.4) is 0 Å². The molecule has 1 rings (SSSR count). The highest BCUT2D eigenvalue weighted by Gasteiger charge is 2.16. The summed E-state index contributed by atoms with van der Waals surface area (Å²) >= 11 is 0. The Kier molecular flexibility index (Phi) is 2.31. The molecule has 60 valence electrons. The molecule has 0 atom stereocenters. The lowest BCUT2D eigenvalue weighted by Crippen LogP contribution is -2.37. The van der Waals surface area contributed by atoms with Gasteiger partial charge in [-0.25, -0.2) is 8.57 Å². The first-order chi connectivity index (χ1) is 4.66. The van der Waals surface area contributed by atoms with E-state index in [0.29, 0.717) is 0 Å². The van der Waals surface area contributed by atoms with E-state index in [1.54, 1.807) is 7.05 Å². The van der Waals surface area contributed by atoms with E-state index < -0.39 is 9.73 Å². The van der Waals surface area contributed by atoms with Crippen LogP contribution in [0.25, 0.3) is 0 Å². The maximum Gasteiger partial charge on any atom is 0.0490 e. The van der Waals surface area contributed by atoms with Gasteiger partial charge in [0.1, 0.15) is 0 Å².